The summed E-state index contributed by atoms with van der Waals surface area (Å²) in [6.07, 6.45) is 3.05. The standard InChI is InChI=1S/C18H15NO4/c1-10(2)16-15(20)13-4-5-14(11(3)17(13)23-16)22-18(21)12-6-8-19-9-7-12/h4-9H,1-3H3. The first-order valence-electron chi connectivity index (χ1n) is 7.15. The van der Waals surface area contributed by atoms with Crippen LogP contribution in [0.2, 0.25) is 0 Å². The van der Waals surface area contributed by atoms with E-state index in [1.54, 1.807) is 31.2 Å². The number of hydrogen-bond acceptors (Lipinski definition) is 5. The largest absolute Gasteiger partial charge is 0.452 e. The highest BCUT2D eigenvalue weighted by Gasteiger charge is 2.31. The number of carbonyl (C=O) groups is 2. The third-order valence-corrected chi connectivity index (χ3v) is 3.58. The maximum absolute atomic E-state index is 12.2. The molecule has 0 atom stereocenters. The Bertz CT molecular complexity index is 834. The zero-order valence-electron chi connectivity index (χ0n) is 13.0. The molecule has 1 aliphatic heterocycles. The van der Waals surface area contributed by atoms with Gasteiger partial charge in [-0.25, -0.2) is 4.79 Å². The van der Waals surface area contributed by atoms with E-state index in [4.69, 9.17) is 9.47 Å². The summed E-state index contributed by atoms with van der Waals surface area (Å²) in [6.45, 7) is 5.40. The molecule has 1 aromatic heterocycles. The Balaban J connectivity index is 1.93. The molecule has 0 radical (unpaired) electrons. The number of pyridine rings is 1. The van der Waals surface area contributed by atoms with E-state index >= 15 is 0 Å². The van der Waals surface area contributed by atoms with Crippen LogP contribution in [0.5, 0.6) is 11.5 Å². The molecule has 116 valence electrons. The second-order valence-electron chi connectivity index (χ2n) is 5.45. The molecule has 0 spiro atoms. The molecule has 0 amide bonds. The van der Waals surface area contributed by atoms with Gasteiger partial charge in [-0.2, -0.15) is 0 Å². The number of fused-ring (bicyclic) bond motifs is 1. The van der Waals surface area contributed by atoms with Crippen LogP contribution in [0.3, 0.4) is 0 Å². The van der Waals surface area contributed by atoms with Gasteiger partial charge in [-0.05, 0) is 50.6 Å². The van der Waals surface area contributed by atoms with Gasteiger partial charge < -0.3 is 9.47 Å². The van der Waals surface area contributed by atoms with Gasteiger partial charge in [-0.15, -0.1) is 0 Å². The topological polar surface area (TPSA) is 65.5 Å². The monoisotopic (exact) mass is 309 g/mol. The molecule has 0 saturated heterocycles. The molecule has 3 rings (SSSR count). The fourth-order valence-electron chi connectivity index (χ4n) is 2.34. The second-order valence-corrected chi connectivity index (χ2v) is 5.45. The lowest BCUT2D eigenvalue weighted by Gasteiger charge is -2.10. The van der Waals surface area contributed by atoms with E-state index in [9.17, 15) is 9.59 Å². The van der Waals surface area contributed by atoms with Crippen molar-refractivity contribution < 1.29 is 19.1 Å². The van der Waals surface area contributed by atoms with Crippen molar-refractivity contribution in [2.75, 3.05) is 0 Å². The summed E-state index contributed by atoms with van der Waals surface area (Å²) in [5, 5.41) is 0. The van der Waals surface area contributed by atoms with E-state index in [-0.39, 0.29) is 5.78 Å². The van der Waals surface area contributed by atoms with Crippen LogP contribution in [0.15, 0.2) is 48.0 Å². The van der Waals surface area contributed by atoms with Gasteiger partial charge in [0.25, 0.3) is 0 Å². The molecule has 0 unspecified atom stereocenters. The highest BCUT2D eigenvalue weighted by molar-refractivity contribution is 6.13. The predicted molar refractivity (Wildman–Crippen MR) is 83.7 cm³/mol. The van der Waals surface area contributed by atoms with Crippen LogP contribution >= 0.6 is 0 Å². The number of ether oxygens (including phenoxy) is 2. The number of carbonyl (C=O) groups excluding carboxylic acids is 2. The van der Waals surface area contributed by atoms with Crippen LogP contribution in [0.4, 0.5) is 0 Å². The fraction of sp³-hybridized carbons (Fsp3) is 0.167. The van der Waals surface area contributed by atoms with Crippen molar-refractivity contribution in [3.63, 3.8) is 0 Å². The Morgan fingerprint density at radius 3 is 2.48 bits per heavy atom. The van der Waals surface area contributed by atoms with E-state index < -0.39 is 5.97 Å². The maximum Gasteiger partial charge on any atom is 0.343 e. The van der Waals surface area contributed by atoms with Crippen LogP contribution in [-0.4, -0.2) is 16.7 Å². The normalized spacial score (nSPS) is 12.7. The quantitative estimate of drug-likeness (QED) is 0.483. The smallest absolute Gasteiger partial charge is 0.343 e. The van der Waals surface area contributed by atoms with E-state index in [2.05, 4.69) is 4.98 Å². The van der Waals surface area contributed by atoms with Crippen molar-refractivity contribution in [1.82, 2.24) is 4.98 Å². The number of allylic oxidation sites excluding steroid dienone is 2. The van der Waals surface area contributed by atoms with Crippen molar-refractivity contribution in [1.29, 1.82) is 0 Å². The molecule has 2 heterocycles. The maximum atomic E-state index is 12.2. The number of benzene rings is 1. The molecule has 1 aliphatic rings. The van der Waals surface area contributed by atoms with Gasteiger partial charge in [-0.3, -0.25) is 9.78 Å². The Kier molecular flexibility index (Phi) is 3.70. The number of esters is 1. The third-order valence-electron chi connectivity index (χ3n) is 3.58. The number of nitrogens with zero attached hydrogens (tertiary/aromatic N) is 1. The molecule has 0 N–H and O–H groups in total. The molecular weight excluding hydrogens is 294 g/mol. The molecule has 0 aliphatic carbocycles. The summed E-state index contributed by atoms with van der Waals surface area (Å²) in [7, 11) is 0. The van der Waals surface area contributed by atoms with Crippen molar-refractivity contribution in [2.45, 2.75) is 20.8 Å². The van der Waals surface area contributed by atoms with Crippen LogP contribution in [0.25, 0.3) is 0 Å². The van der Waals surface area contributed by atoms with Gasteiger partial charge in [0.05, 0.1) is 11.1 Å². The molecule has 0 fully saturated rings. The van der Waals surface area contributed by atoms with E-state index in [0.29, 0.717) is 33.9 Å². The van der Waals surface area contributed by atoms with Crippen molar-refractivity contribution >= 4 is 11.8 Å². The SMILES string of the molecule is CC(C)=C1Oc2c(ccc(OC(=O)c3ccncc3)c2C)C1=O. The minimum absolute atomic E-state index is 0.143. The second kappa shape index (κ2) is 5.68. The molecule has 5 heteroatoms. The molecule has 2 aromatic rings. The number of aromatic nitrogens is 1. The van der Waals surface area contributed by atoms with E-state index in [1.807, 2.05) is 13.8 Å². The average molecular weight is 309 g/mol. The van der Waals surface area contributed by atoms with Crippen molar-refractivity contribution in [3.05, 3.63) is 64.7 Å². The molecule has 23 heavy (non-hydrogen) atoms. The molecule has 0 bridgehead atoms. The molecular formula is C18H15NO4. The molecule has 0 saturated carbocycles. The van der Waals surface area contributed by atoms with E-state index in [1.165, 1.54) is 12.4 Å². The van der Waals surface area contributed by atoms with Crippen LogP contribution in [0, 0.1) is 6.92 Å². The summed E-state index contributed by atoms with van der Waals surface area (Å²) in [6, 6.07) is 6.39. The lowest BCUT2D eigenvalue weighted by Crippen LogP contribution is -2.09. The van der Waals surface area contributed by atoms with Gasteiger partial charge >= 0.3 is 5.97 Å². The van der Waals surface area contributed by atoms with E-state index in [0.717, 1.165) is 5.57 Å². The van der Waals surface area contributed by atoms with Crippen LogP contribution in [-0.2, 0) is 0 Å². The first-order chi connectivity index (χ1) is 11.0. The van der Waals surface area contributed by atoms with Gasteiger partial charge in [0.1, 0.15) is 11.5 Å². The number of ketones is 1. The van der Waals surface area contributed by atoms with Crippen molar-refractivity contribution in [3.8, 4) is 11.5 Å². The summed E-state index contributed by atoms with van der Waals surface area (Å²) in [4.78, 5) is 28.2. The van der Waals surface area contributed by atoms with Crippen molar-refractivity contribution in [2.24, 2.45) is 0 Å². The first-order valence-corrected chi connectivity index (χ1v) is 7.15. The number of hydrogen-bond donors (Lipinski definition) is 0. The minimum Gasteiger partial charge on any atom is -0.452 e. The Morgan fingerprint density at radius 2 is 1.83 bits per heavy atom. The van der Waals surface area contributed by atoms with Crippen LogP contribution < -0.4 is 9.47 Å². The van der Waals surface area contributed by atoms with Gasteiger partial charge in [0, 0.05) is 18.0 Å². The molecule has 1 aromatic carbocycles. The zero-order valence-corrected chi connectivity index (χ0v) is 13.0. The Hall–Kier alpha value is -2.95. The van der Waals surface area contributed by atoms with Gasteiger partial charge in [-0.1, -0.05) is 0 Å². The average Bonchev–Trinajstić information content (AvgIpc) is 2.89. The minimum atomic E-state index is -0.484. The summed E-state index contributed by atoms with van der Waals surface area (Å²) in [5.41, 5.74) is 2.32. The Labute approximate surface area is 133 Å². The predicted octanol–water partition coefficient (Wildman–Crippen LogP) is 3.48. The lowest BCUT2D eigenvalue weighted by molar-refractivity contribution is 0.0733. The number of rotatable bonds is 2. The number of Topliss-reactive ketones (excluding diaryl/α,β-unsaturated/α-hetero) is 1. The highest BCUT2D eigenvalue weighted by Crippen LogP contribution is 2.39. The molecule has 5 nitrogen and oxygen atoms in total. The summed E-state index contributed by atoms with van der Waals surface area (Å²) < 4.78 is 11.1. The van der Waals surface area contributed by atoms with Gasteiger partial charge in [0.15, 0.2) is 5.76 Å². The zero-order chi connectivity index (χ0) is 16.6. The highest BCUT2D eigenvalue weighted by atomic mass is 16.5. The Morgan fingerprint density at radius 1 is 1.13 bits per heavy atom. The summed E-state index contributed by atoms with van der Waals surface area (Å²) in [5.74, 6) is 0.526. The summed E-state index contributed by atoms with van der Waals surface area (Å²) >= 11 is 0. The van der Waals surface area contributed by atoms with Gasteiger partial charge in [0.2, 0.25) is 5.78 Å². The first kappa shape index (κ1) is 15.0. The van der Waals surface area contributed by atoms with Crippen LogP contribution in [0.1, 0.15) is 40.1 Å². The lowest BCUT2D eigenvalue weighted by atomic mass is 10.1. The third kappa shape index (κ3) is 2.61. The fourth-order valence-corrected chi connectivity index (χ4v) is 2.34.